The Balaban J connectivity index is 2.10. The van der Waals surface area contributed by atoms with Gasteiger partial charge in [0.25, 0.3) is 0 Å². The van der Waals surface area contributed by atoms with Crippen LogP contribution in [0.5, 0.6) is 5.75 Å². The number of hydrogen-bond donors (Lipinski definition) is 0. The fourth-order valence-corrected chi connectivity index (χ4v) is 2.84. The summed E-state index contributed by atoms with van der Waals surface area (Å²) in [5.41, 5.74) is 1.13. The van der Waals surface area contributed by atoms with Crippen LogP contribution in [-0.2, 0) is 22.5 Å². The molecule has 0 atom stereocenters. The monoisotopic (exact) mass is 321 g/mol. The molecule has 0 unspecified atom stereocenters. The Bertz CT molecular complexity index is 625. The van der Waals surface area contributed by atoms with Crippen LogP contribution in [0, 0.1) is 0 Å². The van der Waals surface area contributed by atoms with Crippen LogP contribution in [0.4, 0.5) is 0 Å². The van der Waals surface area contributed by atoms with Gasteiger partial charge in [-0.3, -0.25) is 4.79 Å². The van der Waals surface area contributed by atoms with Crippen molar-refractivity contribution in [2.45, 2.75) is 25.0 Å². The number of nitrogens with zero attached hydrogens (tertiary/aromatic N) is 3. The topological polar surface area (TPSA) is 66.2 Å². The molecule has 0 aliphatic rings. The zero-order chi connectivity index (χ0) is 15.9. The van der Waals surface area contributed by atoms with E-state index in [0.717, 1.165) is 28.8 Å². The van der Waals surface area contributed by atoms with Crippen LogP contribution in [0.25, 0.3) is 0 Å². The summed E-state index contributed by atoms with van der Waals surface area (Å²) >= 11 is 1.34. The van der Waals surface area contributed by atoms with Crippen LogP contribution in [-0.4, -0.2) is 40.7 Å². The number of carbonyl (C=O) groups excluding carboxylic acids is 1. The van der Waals surface area contributed by atoms with Crippen molar-refractivity contribution >= 4 is 17.7 Å². The van der Waals surface area contributed by atoms with Gasteiger partial charge in [-0.15, -0.1) is 10.2 Å². The number of rotatable bonds is 7. The first-order valence-electron chi connectivity index (χ1n) is 6.92. The molecule has 6 nitrogen and oxygen atoms in total. The van der Waals surface area contributed by atoms with Crippen molar-refractivity contribution in [3.8, 4) is 5.75 Å². The average molecular weight is 321 g/mol. The lowest BCUT2D eigenvalue weighted by Crippen LogP contribution is -2.07. The van der Waals surface area contributed by atoms with Crippen LogP contribution >= 0.6 is 11.8 Å². The molecule has 0 radical (unpaired) electrons. The molecule has 1 aromatic carbocycles. The van der Waals surface area contributed by atoms with Gasteiger partial charge < -0.3 is 14.0 Å². The third-order valence-electron chi connectivity index (χ3n) is 3.18. The Kier molecular flexibility index (Phi) is 5.83. The Morgan fingerprint density at radius 1 is 1.23 bits per heavy atom. The minimum atomic E-state index is -0.271. The van der Waals surface area contributed by atoms with Crippen molar-refractivity contribution in [1.29, 1.82) is 0 Å². The van der Waals surface area contributed by atoms with Gasteiger partial charge in [-0.1, -0.05) is 23.9 Å². The zero-order valence-electron chi connectivity index (χ0n) is 12.9. The predicted molar refractivity (Wildman–Crippen MR) is 84.2 cm³/mol. The second-order valence-electron chi connectivity index (χ2n) is 4.53. The van der Waals surface area contributed by atoms with E-state index in [-0.39, 0.29) is 11.7 Å². The molecule has 1 aromatic heterocycles. The molecule has 0 saturated heterocycles. The second-order valence-corrected chi connectivity index (χ2v) is 5.48. The van der Waals surface area contributed by atoms with E-state index in [2.05, 4.69) is 14.9 Å². The van der Waals surface area contributed by atoms with E-state index < -0.39 is 0 Å². The smallest absolute Gasteiger partial charge is 0.316 e. The maximum atomic E-state index is 11.2. The lowest BCUT2D eigenvalue weighted by Gasteiger charge is -2.07. The summed E-state index contributed by atoms with van der Waals surface area (Å²) < 4.78 is 11.8. The summed E-state index contributed by atoms with van der Waals surface area (Å²) in [6.45, 7) is 2.78. The van der Waals surface area contributed by atoms with Crippen LogP contribution in [0.1, 0.15) is 18.3 Å². The van der Waals surface area contributed by atoms with Crippen molar-refractivity contribution in [2.24, 2.45) is 0 Å². The van der Waals surface area contributed by atoms with E-state index >= 15 is 0 Å². The number of esters is 1. The van der Waals surface area contributed by atoms with Crippen LogP contribution in [0.3, 0.4) is 0 Å². The first-order valence-corrected chi connectivity index (χ1v) is 7.91. The Hall–Kier alpha value is -2.02. The highest BCUT2D eigenvalue weighted by Crippen LogP contribution is 2.20. The van der Waals surface area contributed by atoms with E-state index in [9.17, 15) is 4.79 Å². The zero-order valence-corrected chi connectivity index (χ0v) is 13.7. The van der Waals surface area contributed by atoms with E-state index in [0.29, 0.717) is 6.42 Å². The molecule has 0 aliphatic heterocycles. The van der Waals surface area contributed by atoms with E-state index in [1.54, 1.807) is 7.11 Å². The fraction of sp³-hybridized carbons (Fsp3) is 0.400. The maximum Gasteiger partial charge on any atom is 0.316 e. The van der Waals surface area contributed by atoms with Crippen LogP contribution in [0.2, 0.25) is 0 Å². The lowest BCUT2D eigenvalue weighted by atomic mass is 10.1. The van der Waals surface area contributed by atoms with Crippen molar-refractivity contribution in [1.82, 2.24) is 14.8 Å². The third kappa shape index (κ3) is 4.00. The summed E-state index contributed by atoms with van der Waals surface area (Å²) in [7, 11) is 3.02. The molecule has 0 spiro atoms. The minimum absolute atomic E-state index is 0.233. The summed E-state index contributed by atoms with van der Waals surface area (Å²) in [6, 6.07) is 7.87. The summed E-state index contributed by atoms with van der Waals surface area (Å²) in [5, 5.41) is 9.14. The molecule has 22 heavy (non-hydrogen) atoms. The molecule has 118 valence electrons. The quantitative estimate of drug-likeness (QED) is 0.575. The standard InChI is InChI=1S/C15H19N3O3S/c1-4-18-13(9-11-5-7-12(20-2)8-6-11)16-17-15(18)22-10-14(19)21-3/h5-8H,4,9-10H2,1-3H3. The average Bonchev–Trinajstić information content (AvgIpc) is 2.94. The SMILES string of the molecule is CCn1c(Cc2ccc(OC)cc2)nnc1SCC(=O)OC. The van der Waals surface area contributed by atoms with Gasteiger partial charge in [0.15, 0.2) is 5.16 Å². The number of carbonyl (C=O) groups is 1. The first kappa shape index (κ1) is 16.4. The minimum Gasteiger partial charge on any atom is -0.497 e. The Labute approximate surface area is 133 Å². The first-order chi connectivity index (χ1) is 10.7. The molecule has 7 heteroatoms. The summed E-state index contributed by atoms with van der Waals surface area (Å²) in [5.74, 6) is 1.67. The molecular weight excluding hydrogens is 302 g/mol. The lowest BCUT2D eigenvalue weighted by molar-refractivity contribution is -0.137. The molecule has 2 rings (SSSR count). The van der Waals surface area contributed by atoms with Gasteiger partial charge in [0, 0.05) is 13.0 Å². The number of hydrogen-bond acceptors (Lipinski definition) is 6. The highest BCUT2D eigenvalue weighted by atomic mass is 32.2. The molecule has 0 aliphatic carbocycles. The van der Waals surface area contributed by atoms with Gasteiger partial charge in [-0.2, -0.15) is 0 Å². The van der Waals surface area contributed by atoms with Crippen LogP contribution < -0.4 is 4.74 Å². The van der Waals surface area contributed by atoms with E-state index in [1.807, 2.05) is 35.8 Å². The molecule has 2 aromatic rings. The molecule has 0 N–H and O–H groups in total. The second kappa shape index (κ2) is 7.84. The van der Waals surface area contributed by atoms with E-state index in [4.69, 9.17) is 4.74 Å². The van der Waals surface area contributed by atoms with Crippen molar-refractivity contribution in [3.63, 3.8) is 0 Å². The Morgan fingerprint density at radius 2 is 1.95 bits per heavy atom. The van der Waals surface area contributed by atoms with Gasteiger partial charge in [-0.05, 0) is 24.6 Å². The number of ether oxygens (including phenoxy) is 2. The number of thioether (sulfide) groups is 1. The van der Waals surface area contributed by atoms with Gasteiger partial charge in [0.1, 0.15) is 11.6 Å². The van der Waals surface area contributed by atoms with Gasteiger partial charge >= 0.3 is 5.97 Å². The largest absolute Gasteiger partial charge is 0.497 e. The predicted octanol–water partition coefficient (Wildman–Crippen LogP) is 2.16. The highest BCUT2D eigenvalue weighted by Gasteiger charge is 2.13. The molecule has 0 amide bonds. The van der Waals surface area contributed by atoms with Gasteiger partial charge in [0.2, 0.25) is 0 Å². The van der Waals surface area contributed by atoms with Crippen LogP contribution in [0.15, 0.2) is 29.4 Å². The normalized spacial score (nSPS) is 10.5. The molecule has 1 heterocycles. The van der Waals surface area contributed by atoms with Gasteiger partial charge in [0.05, 0.1) is 20.0 Å². The van der Waals surface area contributed by atoms with Crippen molar-refractivity contribution in [3.05, 3.63) is 35.7 Å². The number of methoxy groups -OCH3 is 2. The molecule has 0 bridgehead atoms. The molecular formula is C15H19N3O3S. The van der Waals surface area contributed by atoms with E-state index in [1.165, 1.54) is 18.9 Å². The van der Waals surface area contributed by atoms with Gasteiger partial charge in [-0.25, -0.2) is 0 Å². The Morgan fingerprint density at radius 3 is 2.55 bits per heavy atom. The maximum absolute atomic E-state index is 11.2. The summed E-state index contributed by atoms with van der Waals surface area (Å²) in [6.07, 6.45) is 0.684. The molecule has 0 saturated carbocycles. The molecule has 0 fully saturated rings. The highest BCUT2D eigenvalue weighted by molar-refractivity contribution is 7.99. The van der Waals surface area contributed by atoms with Crippen molar-refractivity contribution in [2.75, 3.05) is 20.0 Å². The number of benzene rings is 1. The van der Waals surface area contributed by atoms with Crippen molar-refractivity contribution < 1.29 is 14.3 Å². The fourth-order valence-electron chi connectivity index (χ4n) is 1.98. The third-order valence-corrected chi connectivity index (χ3v) is 4.12. The summed E-state index contributed by atoms with van der Waals surface area (Å²) in [4.78, 5) is 11.2. The number of aromatic nitrogens is 3.